The molecule has 0 fully saturated rings. The summed E-state index contributed by atoms with van der Waals surface area (Å²) < 4.78 is 3.87. The normalized spacial score (nSPS) is 16.4. The maximum Gasteiger partial charge on any atom is 0.111 e. The van der Waals surface area contributed by atoms with Crippen LogP contribution in [0.3, 0.4) is 0 Å². The van der Waals surface area contributed by atoms with Gasteiger partial charge in [-0.05, 0) is 103 Å². The Morgan fingerprint density at radius 3 is 2.22 bits per heavy atom. The minimum absolute atomic E-state index is 0.334. The van der Waals surface area contributed by atoms with Crippen LogP contribution in [0.4, 0.5) is 0 Å². The number of aryl methyl sites for hydroxylation is 1. The molecular formula is C47H34N2S. The van der Waals surface area contributed by atoms with Gasteiger partial charge < -0.3 is 5.32 Å². The Hall–Kier alpha value is -5.64. The Bertz CT molecular complexity index is 2880. The van der Waals surface area contributed by atoms with Gasteiger partial charge in [-0.15, -0.1) is 11.3 Å². The zero-order valence-electron chi connectivity index (χ0n) is 27.6. The summed E-state index contributed by atoms with van der Waals surface area (Å²) in [6.45, 7) is 0.859. The van der Waals surface area contributed by atoms with E-state index in [1.807, 2.05) is 11.3 Å². The summed E-state index contributed by atoms with van der Waals surface area (Å²) >= 11 is 1.95. The second kappa shape index (κ2) is 10.9. The smallest absolute Gasteiger partial charge is 0.111 e. The summed E-state index contributed by atoms with van der Waals surface area (Å²) in [4.78, 5) is 1.43. The molecule has 1 aliphatic heterocycles. The van der Waals surface area contributed by atoms with Gasteiger partial charge in [-0.25, -0.2) is 0 Å². The molecule has 0 saturated heterocycles. The van der Waals surface area contributed by atoms with Gasteiger partial charge in [0, 0.05) is 26.3 Å². The van der Waals surface area contributed by atoms with E-state index in [1.165, 1.54) is 97.2 Å². The Labute approximate surface area is 294 Å². The molecule has 0 spiro atoms. The van der Waals surface area contributed by atoms with Crippen molar-refractivity contribution >= 4 is 84.7 Å². The van der Waals surface area contributed by atoms with Gasteiger partial charge in [0.2, 0.25) is 0 Å². The molecule has 0 bridgehead atoms. The lowest BCUT2D eigenvalue weighted by Crippen LogP contribution is -2.27. The molecular weight excluding hydrogens is 625 g/mol. The van der Waals surface area contributed by atoms with Gasteiger partial charge in [-0.2, -0.15) is 0 Å². The van der Waals surface area contributed by atoms with Crippen LogP contribution in [0.25, 0.3) is 84.5 Å². The van der Waals surface area contributed by atoms with E-state index in [-0.39, 0.29) is 0 Å². The molecule has 3 heteroatoms. The lowest BCUT2D eigenvalue weighted by Gasteiger charge is -2.21. The van der Waals surface area contributed by atoms with Crippen LogP contribution < -0.4 is 15.1 Å². The highest BCUT2D eigenvalue weighted by Gasteiger charge is 2.24. The van der Waals surface area contributed by atoms with Gasteiger partial charge in [-0.3, -0.25) is 4.57 Å². The van der Waals surface area contributed by atoms with Crippen molar-refractivity contribution in [1.29, 1.82) is 0 Å². The number of aromatic nitrogens is 1. The van der Waals surface area contributed by atoms with E-state index < -0.39 is 0 Å². The molecule has 2 nitrogen and oxygen atoms in total. The highest BCUT2D eigenvalue weighted by molar-refractivity contribution is 7.10. The number of thiophene rings is 1. The Morgan fingerprint density at radius 1 is 0.680 bits per heavy atom. The van der Waals surface area contributed by atoms with Crippen molar-refractivity contribution in [2.24, 2.45) is 0 Å². The van der Waals surface area contributed by atoms with Gasteiger partial charge in [0.1, 0.15) is 5.82 Å². The highest BCUT2D eigenvalue weighted by Crippen LogP contribution is 2.39. The molecule has 11 rings (SSSR count). The molecule has 0 amide bonds. The number of para-hydroxylation sites is 1. The van der Waals surface area contributed by atoms with Crippen molar-refractivity contribution in [3.63, 3.8) is 0 Å². The molecule has 3 heterocycles. The lowest BCUT2D eigenvalue weighted by atomic mass is 9.88. The van der Waals surface area contributed by atoms with Crippen molar-refractivity contribution in [2.45, 2.75) is 31.7 Å². The standard InChI is InChI=1S/C47H34N2S/c1-2-14-35-33(12-1)34-13-3-4-15-36(34)40-25-31(20-22-37(35)40)29-10-9-11-30(24-29)32-21-23-45-41(26-32)42-27-47(48-28-46(42)50-45)49-43-18-7-5-16-38(43)39-17-6-8-19-44(39)49/h1-5,7-16,18-20,22-27,32,48H,6,17,21,28H2. The van der Waals surface area contributed by atoms with Gasteiger partial charge >= 0.3 is 0 Å². The minimum atomic E-state index is 0.334. The third kappa shape index (κ3) is 4.20. The van der Waals surface area contributed by atoms with Crippen LogP contribution >= 0.6 is 11.3 Å². The number of allylic oxidation sites excluding steroid dienone is 1. The van der Waals surface area contributed by atoms with Gasteiger partial charge in [0.15, 0.2) is 0 Å². The fourth-order valence-electron chi connectivity index (χ4n) is 8.86. The van der Waals surface area contributed by atoms with Crippen LogP contribution in [-0.4, -0.2) is 4.57 Å². The van der Waals surface area contributed by atoms with Crippen LogP contribution in [0.1, 0.15) is 46.0 Å². The number of hydrogen-bond acceptors (Lipinski definition) is 2. The summed E-state index contributed by atoms with van der Waals surface area (Å²) in [7, 11) is 0. The van der Waals surface area contributed by atoms with Gasteiger partial charge in [0.25, 0.3) is 0 Å². The Kier molecular flexibility index (Phi) is 6.17. The maximum absolute atomic E-state index is 3.80. The predicted octanol–water partition coefficient (Wildman–Crippen LogP) is 10.6. The second-order valence-electron chi connectivity index (χ2n) is 13.9. The van der Waals surface area contributed by atoms with Crippen molar-refractivity contribution < 1.29 is 0 Å². The SMILES string of the molecule is C1=Cc2c(c3ccccc3n2C2=Cc3c(sc4c3=CC(c3cccc(-c5ccc6c7ccccc7c7ccccc7c6c5)c3)CC=4)CN2)CC1. The molecule has 0 radical (unpaired) electrons. The summed E-state index contributed by atoms with van der Waals surface area (Å²) in [5.41, 5.74) is 9.38. The van der Waals surface area contributed by atoms with E-state index in [1.54, 1.807) is 0 Å². The fourth-order valence-corrected chi connectivity index (χ4v) is 10.0. The van der Waals surface area contributed by atoms with E-state index >= 15 is 0 Å². The molecule has 8 aromatic rings. The van der Waals surface area contributed by atoms with Crippen LogP contribution in [0, 0.1) is 0 Å². The molecule has 1 unspecified atom stereocenters. The molecule has 238 valence electrons. The zero-order valence-corrected chi connectivity index (χ0v) is 28.4. The van der Waals surface area contributed by atoms with E-state index in [4.69, 9.17) is 0 Å². The first-order chi connectivity index (χ1) is 24.8. The van der Waals surface area contributed by atoms with Crippen LogP contribution in [0.5, 0.6) is 0 Å². The third-order valence-corrected chi connectivity index (χ3v) is 12.4. The second-order valence-corrected chi connectivity index (χ2v) is 15.1. The van der Waals surface area contributed by atoms with Crippen molar-refractivity contribution in [1.82, 2.24) is 9.88 Å². The molecule has 2 aliphatic carbocycles. The monoisotopic (exact) mass is 658 g/mol. The predicted molar refractivity (Wildman–Crippen MR) is 215 cm³/mol. The lowest BCUT2D eigenvalue weighted by molar-refractivity contribution is 0.832. The third-order valence-electron chi connectivity index (χ3n) is 11.2. The number of benzene rings is 6. The molecule has 1 atom stereocenters. The van der Waals surface area contributed by atoms with Gasteiger partial charge in [-0.1, -0.05) is 121 Å². The fraction of sp³-hybridized carbons (Fsp3) is 0.106. The molecule has 0 saturated carbocycles. The van der Waals surface area contributed by atoms with Crippen molar-refractivity contribution in [2.75, 3.05) is 0 Å². The summed E-state index contributed by atoms with van der Waals surface area (Å²) in [6.07, 6.45) is 15.3. The van der Waals surface area contributed by atoms with E-state index in [9.17, 15) is 0 Å². The number of rotatable bonds is 3. The first kappa shape index (κ1) is 28.2. The molecule has 3 aliphatic rings. The maximum atomic E-state index is 3.80. The average Bonchev–Trinajstić information content (AvgIpc) is 3.73. The van der Waals surface area contributed by atoms with Crippen molar-refractivity contribution in [3.05, 3.63) is 158 Å². The number of nitrogens with zero attached hydrogens (tertiary/aromatic N) is 1. The van der Waals surface area contributed by atoms with Crippen LogP contribution in [0.15, 0.2) is 121 Å². The van der Waals surface area contributed by atoms with E-state index in [0.29, 0.717) is 5.92 Å². The molecule has 1 N–H and O–H groups in total. The Morgan fingerprint density at radius 2 is 1.40 bits per heavy atom. The average molecular weight is 659 g/mol. The van der Waals surface area contributed by atoms with E-state index in [0.717, 1.165) is 25.8 Å². The summed E-state index contributed by atoms with van der Waals surface area (Å²) in [6, 6.07) is 42.9. The zero-order chi connectivity index (χ0) is 32.8. The van der Waals surface area contributed by atoms with Gasteiger partial charge in [0.05, 0.1) is 17.8 Å². The topological polar surface area (TPSA) is 17.0 Å². The summed E-state index contributed by atoms with van der Waals surface area (Å²) in [5.74, 6) is 1.51. The first-order valence-electron chi connectivity index (χ1n) is 17.8. The van der Waals surface area contributed by atoms with Crippen LogP contribution in [-0.2, 0) is 13.0 Å². The number of hydrogen-bond donors (Lipinski definition) is 1. The minimum Gasteiger partial charge on any atom is -0.366 e. The van der Waals surface area contributed by atoms with Crippen molar-refractivity contribution in [3.8, 4) is 11.1 Å². The molecule has 50 heavy (non-hydrogen) atoms. The molecule has 2 aromatic heterocycles. The van der Waals surface area contributed by atoms with E-state index in [2.05, 4.69) is 156 Å². The Balaban J connectivity index is 1.00. The highest BCUT2D eigenvalue weighted by atomic mass is 32.1. The van der Waals surface area contributed by atoms with Crippen LogP contribution in [0.2, 0.25) is 0 Å². The quantitative estimate of drug-likeness (QED) is 0.187. The largest absolute Gasteiger partial charge is 0.366 e. The summed E-state index contributed by atoms with van der Waals surface area (Å²) in [5, 5.41) is 14.5. The first-order valence-corrected chi connectivity index (χ1v) is 18.6. The number of nitrogens with one attached hydrogen (secondary N) is 1. The number of fused-ring (bicyclic) bond motifs is 12. The molecule has 6 aromatic carbocycles.